The van der Waals surface area contributed by atoms with Crippen LogP contribution in [0.25, 0.3) is 0 Å². The van der Waals surface area contributed by atoms with E-state index in [1.165, 1.54) is 0 Å². The molecule has 3 atom stereocenters. The quantitative estimate of drug-likeness (QED) is 0.384. The third kappa shape index (κ3) is 6.10. The molecule has 1 saturated carbocycles. The van der Waals surface area contributed by atoms with Crippen LogP contribution in [0.1, 0.15) is 75.6 Å². The lowest BCUT2D eigenvalue weighted by atomic mass is 9.81. The summed E-state index contributed by atoms with van der Waals surface area (Å²) >= 11 is 0. The Labute approximate surface area is 236 Å². The third-order valence-corrected chi connectivity index (χ3v) is 8.24. The lowest BCUT2D eigenvalue weighted by Crippen LogP contribution is -2.35. The SMILES string of the molecule is Cc1ccc(C(=O)N2c3ccc(C(=O)NCC4CCCC(CN)C4)cc3NC(=O)CC2c2ccc(C)cc2)cc1. The molecule has 7 nitrogen and oxygen atoms in total. The maximum absolute atomic E-state index is 14.0. The van der Waals surface area contributed by atoms with E-state index in [2.05, 4.69) is 10.6 Å². The van der Waals surface area contributed by atoms with Gasteiger partial charge in [-0.2, -0.15) is 0 Å². The maximum Gasteiger partial charge on any atom is 0.258 e. The zero-order valence-corrected chi connectivity index (χ0v) is 23.3. The van der Waals surface area contributed by atoms with Crippen molar-refractivity contribution in [3.8, 4) is 0 Å². The van der Waals surface area contributed by atoms with Crippen LogP contribution in [0.15, 0.2) is 66.7 Å². The van der Waals surface area contributed by atoms with E-state index in [9.17, 15) is 14.4 Å². The highest BCUT2D eigenvalue weighted by molar-refractivity contribution is 6.12. The van der Waals surface area contributed by atoms with Crippen LogP contribution in [0.4, 0.5) is 11.4 Å². The molecule has 0 radical (unpaired) electrons. The van der Waals surface area contributed by atoms with Gasteiger partial charge in [-0.1, -0.05) is 53.9 Å². The molecule has 7 heteroatoms. The summed E-state index contributed by atoms with van der Waals surface area (Å²) in [6.45, 7) is 5.28. The summed E-state index contributed by atoms with van der Waals surface area (Å²) in [7, 11) is 0. The van der Waals surface area contributed by atoms with Gasteiger partial charge in [0.1, 0.15) is 0 Å². The zero-order valence-electron chi connectivity index (χ0n) is 23.3. The molecule has 1 aliphatic heterocycles. The van der Waals surface area contributed by atoms with Crippen LogP contribution in [0.5, 0.6) is 0 Å². The second-order valence-electron chi connectivity index (χ2n) is 11.3. The Morgan fingerprint density at radius 2 is 1.57 bits per heavy atom. The number of rotatable bonds is 6. The van der Waals surface area contributed by atoms with Crippen molar-refractivity contribution in [1.82, 2.24) is 5.32 Å². The highest BCUT2D eigenvalue weighted by atomic mass is 16.2. The Morgan fingerprint density at radius 1 is 0.925 bits per heavy atom. The fraction of sp³-hybridized carbons (Fsp3) is 0.364. The first-order valence-corrected chi connectivity index (χ1v) is 14.2. The summed E-state index contributed by atoms with van der Waals surface area (Å²) in [4.78, 5) is 42.0. The van der Waals surface area contributed by atoms with Crippen LogP contribution in [0.2, 0.25) is 0 Å². The van der Waals surface area contributed by atoms with Crippen molar-refractivity contribution in [1.29, 1.82) is 0 Å². The molecule has 2 aliphatic rings. The average molecular weight is 539 g/mol. The number of anilines is 2. The lowest BCUT2D eigenvalue weighted by molar-refractivity contribution is -0.116. The fourth-order valence-corrected chi connectivity index (χ4v) is 5.91. The Bertz CT molecular complexity index is 1380. The average Bonchev–Trinajstić information content (AvgIpc) is 3.11. The number of amides is 3. The summed E-state index contributed by atoms with van der Waals surface area (Å²) < 4.78 is 0. The molecular weight excluding hydrogens is 500 g/mol. The van der Waals surface area contributed by atoms with E-state index in [1.54, 1.807) is 23.1 Å². The van der Waals surface area contributed by atoms with Gasteiger partial charge in [0.15, 0.2) is 0 Å². The van der Waals surface area contributed by atoms with Gasteiger partial charge in [-0.15, -0.1) is 0 Å². The largest absolute Gasteiger partial charge is 0.352 e. The van der Waals surface area contributed by atoms with E-state index in [0.29, 0.717) is 47.4 Å². The van der Waals surface area contributed by atoms with Gasteiger partial charge >= 0.3 is 0 Å². The van der Waals surface area contributed by atoms with E-state index in [4.69, 9.17) is 5.73 Å². The van der Waals surface area contributed by atoms with E-state index in [-0.39, 0.29) is 24.1 Å². The van der Waals surface area contributed by atoms with E-state index < -0.39 is 6.04 Å². The van der Waals surface area contributed by atoms with E-state index in [1.807, 2.05) is 62.4 Å². The van der Waals surface area contributed by atoms with Crippen molar-refractivity contribution >= 4 is 29.1 Å². The number of fused-ring (bicyclic) bond motifs is 1. The van der Waals surface area contributed by atoms with Crippen molar-refractivity contribution < 1.29 is 14.4 Å². The van der Waals surface area contributed by atoms with E-state index in [0.717, 1.165) is 42.4 Å². The minimum Gasteiger partial charge on any atom is -0.352 e. The normalized spacial score (nSPS) is 20.7. The topological polar surface area (TPSA) is 105 Å². The zero-order chi connectivity index (χ0) is 28.2. The first-order chi connectivity index (χ1) is 19.3. The molecule has 0 saturated heterocycles. The molecule has 3 amide bonds. The minimum atomic E-state index is -0.503. The molecule has 40 heavy (non-hydrogen) atoms. The molecule has 0 bridgehead atoms. The molecule has 0 spiro atoms. The molecule has 1 aliphatic carbocycles. The van der Waals surface area contributed by atoms with Crippen molar-refractivity contribution in [2.45, 2.75) is 52.0 Å². The minimum absolute atomic E-state index is 0.0981. The Morgan fingerprint density at radius 3 is 2.27 bits per heavy atom. The van der Waals surface area contributed by atoms with Gasteiger partial charge in [-0.05, 0) is 87.4 Å². The first kappa shape index (κ1) is 27.6. The van der Waals surface area contributed by atoms with Crippen molar-refractivity contribution in [2.24, 2.45) is 17.6 Å². The number of nitrogens with one attached hydrogen (secondary N) is 2. The number of nitrogens with two attached hydrogens (primary N) is 1. The van der Waals surface area contributed by atoms with Gasteiger partial charge in [-0.25, -0.2) is 0 Å². The molecule has 3 unspecified atom stereocenters. The van der Waals surface area contributed by atoms with Crippen LogP contribution in [0, 0.1) is 25.7 Å². The Balaban J connectivity index is 1.46. The van der Waals surface area contributed by atoms with Gasteiger partial charge in [0.2, 0.25) is 5.91 Å². The predicted octanol–water partition coefficient (Wildman–Crippen LogP) is 5.53. The second kappa shape index (κ2) is 12.0. The van der Waals surface area contributed by atoms with Gasteiger partial charge in [0, 0.05) is 17.7 Å². The molecule has 1 fully saturated rings. The van der Waals surface area contributed by atoms with Crippen LogP contribution in [-0.4, -0.2) is 30.8 Å². The van der Waals surface area contributed by atoms with Crippen molar-refractivity contribution in [3.63, 3.8) is 0 Å². The van der Waals surface area contributed by atoms with Gasteiger partial charge < -0.3 is 16.4 Å². The van der Waals surface area contributed by atoms with Gasteiger partial charge in [-0.3, -0.25) is 19.3 Å². The summed E-state index contributed by atoms with van der Waals surface area (Å²) in [5.41, 5.74) is 10.9. The van der Waals surface area contributed by atoms with Crippen molar-refractivity contribution in [2.75, 3.05) is 23.3 Å². The number of nitrogens with zero attached hydrogens (tertiary/aromatic N) is 1. The van der Waals surface area contributed by atoms with Gasteiger partial charge in [0.05, 0.1) is 23.8 Å². The summed E-state index contributed by atoms with van der Waals surface area (Å²) in [6, 6.07) is 20.0. The summed E-state index contributed by atoms with van der Waals surface area (Å²) in [5.74, 6) is 0.343. The Hall–Kier alpha value is -3.97. The highest BCUT2D eigenvalue weighted by Crippen LogP contribution is 2.40. The number of hydrogen-bond donors (Lipinski definition) is 3. The number of hydrogen-bond acceptors (Lipinski definition) is 4. The van der Waals surface area contributed by atoms with Crippen LogP contribution in [-0.2, 0) is 4.79 Å². The molecule has 208 valence electrons. The lowest BCUT2D eigenvalue weighted by Gasteiger charge is -2.31. The molecule has 5 rings (SSSR count). The standard InChI is InChI=1S/C33H38N4O3/c1-21-6-10-25(11-7-21)30-18-31(38)36-28-17-27(32(39)35-20-24-5-3-4-23(16-24)19-34)14-15-29(28)37(30)33(40)26-12-8-22(2)9-13-26/h6-15,17,23-24,30H,3-5,16,18-20,34H2,1-2H3,(H,35,39)(H,36,38). The monoisotopic (exact) mass is 538 g/mol. The van der Waals surface area contributed by atoms with E-state index >= 15 is 0 Å². The molecule has 1 heterocycles. The van der Waals surface area contributed by atoms with Gasteiger partial charge in [0.25, 0.3) is 11.8 Å². The van der Waals surface area contributed by atoms with Crippen molar-refractivity contribution in [3.05, 3.63) is 94.5 Å². The summed E-state index contributed by atoms with van der Waals surface area (Å²) in [5, 5.41) is 6.05. The van der Waals surface area contributed by atoms with Crippen LogP contribution in [0.3, 0.4) is 0 Å². The number of carbonyl (C=O) groups excluding carboxylic acids is 3. The third-order valence-electron chi connectivity index (χ3n) is 8.24. The fourth-order valence-electron chi connectivity index (χ4n) is 5.91. The Kier molecular flexibility index (Phi) is 8.31. The summed E-state index contributed by atoms with van der Waals surface area (Å²) in [6.07, 6.45) is 4.52. The second-order valence-corrected chi connectivity index (χ2v) is 11.3. The highest BCUT2D eigenvalue weighted by Gasteiger charge is 2.34. The molecule has 3 aromatic rings. The maximum atomic E-state index is 14.0. The number of carbonyl (C=O) groups is 3. The molecule has 4 N–H and O–H groups in total. The molecular formula is C33H38N4O3. The van der Waals surface area contributed by atoms with Crippen LogP contribution >= 0.6 is 0 Å². The van der Waals surface area contributed by atoms with Crippen LogP contribution < -0.4 is 21.3 Å². The number of benzene rings is 3. The molecule has 0 aromatic heterocycles. The smallest absolute Gasteiger partial charge is 0.258 e. The molecule has 3 aromatic carbocycles. The first-order valence-electron chi connectivity index (χ1n) is 14.2. The number of aryl methyl sites for hydroxylation is 2. The predicted molar refractivity (Wildman–Crippen MR) is 158 cm³/mol.